The summed E-state index contributed by atoms with van der Waals surface area (Å²) in [6.45, 7) is 0.582. The van der Waals surface area contributed by atoms with Gasteiger partial charge in [-0.2, -0.15) is 0 Å². The van der Waals surface area contributed by atoms with E-state index in [1.807, 2.05) is 24.3 Å². The Morgan fingerprint density at radius 2 is 1.97 bits per heavy atom. The normalized spacial score (nSPS) is 11.5. The molecule has 10 heteroatoms. The molecule has 3 rings (SSSR count). The quantitative estimate of drug-likeness (QED) is 0.499. The van der Waals surface area contributed by atoms with Gasteiger partial charge in [0.1, 0.15) is 15.7 Å². The third-order valence-corrected chi connectivity index (χ3v) is 6.57. The summed E-state index contributed by atoms with van der Waals surface area (Å²) in [4.78, 5) is 16.9. The average molecular weight is 436 g/mol. The highest BCUT2D eigenvalue weighted by atomic mass is 32.2. The number of carbonyl (C=O) groups is 1. The summed E-state index contributed by atoms with van der Waals surface area (Å²) in [5.74, 6) is -0.252. The van der Waals surface area contributed by atoms with Crippen molar-refractivity contribution < 1.29 is 22.7 Å². The second-order valence-corrected chi connectivity index (χ2v) is 8.86. The van der Waals surface area contributed by atoms with Crippen LogP contribution < -0.4 is 14.8 Å². The Labute approximate surface area is 172 Å². The van der Waals surface area contributed by atoms with Crippen molar-refractivity contribution in [3.8, 4) is 5.75 Å². The molecule has 0 aliphatic rings. The molecule has 0 saturated heterocycles. The van der Waals surface area contributed by atoms with Crippen LogP contribution in [0.3, 0.4) is 0 Å². The predicted octanol–water partition coefficient (Wildman–Crippen LogP) is 2.16. The fraction of sp³-hybridized carbons (Fsp3) is 0.263. The van der Waals surface area contributed by atoms with Crippen molar-refractivity contribution in [2.75, 3.05) is 27.4 Å². The standard InChI is InChI=1S/C19H21N3O5S2/c1-26-10-9-21-29(24,25)17-11-13(7-8-15(17)27-2)19(23)20-12-18-22-14-5-3-4-6-16(14)28-18/h3-8,11,21H,9-10,12H2,1-2H3,(H,20,23). The first-order valence-corrected chi connectivity index (χ1v) is 11.0. The second kappa shape index (κ2) is 9.31. The molecule has 0 atom stereocenters. The van der Waals surface area contributed by atoms with Gasteiger partial charge in [0, 0.05) is 19.2 Å². The van der Waals surface area contributed by atoms with Crippen LogP contribution in [0, 0.1) is 0 Å². The van der Waals surface area contributed by atoms with Crippen molar-refractivity contribution in [3.63, 3.8) is 0 Å². The third kappa shape index (κ3) is 5.10. The highest BCUT2D eigenvalue weighted by Gasteiger charge is 2.21. The number of thiazole rings is 1. The van der Waals surface area contributed by atoms with E-state index in [1.54, 1.807) is 0 Å². The lowest BCUT2D eigenvalue weighted by Gasteiger charge is -2.12. The number of methoxy groups -OCH3 is 2. The molecular formula is C19H21N3O5S2. The van der Waals surface area contributed by atoms with Crippen molar-refractivity contribution in [1.82, 2.24) is 15.0 Å². The number of aromatic nitrogens is 1. The van der Waals surface area contributed by atoms with Gasteiger partial charge in [0.2, 0.25) is 10.0 Å². The molecule has 1 heterocycles. The minimum Gasteiger partial charge on any atom is -0.495 e. The molecule has 2 N–H and O–H groups in total. The molecule has 0 fully saturated rings. The molecule has 0 spiro atoms. The molecule has 3 aromatic rings. The molecule has 0 radical (unpaired) electrons. The topological polar surface area (TPSA) is 107 Å². The maximum absolute atomic E-state index is 12.6. The number of fused-ring (bicyclic) bond motifs is 1. The molecule has 0 aliphatic heterocycles. The van der Waals surface area contributed by atoms with Crippen LogP contribution in [0.1, 0.15) is 15.4 Å². The first kappa shape index (κ1) is 21.2. The number of ether oxygens (including phenoxy) is 2. The Kier molecular flexibility index (Phi) is 6.80. The van der Waals surface area contributed by atoms with Gasteiger partial charge in [-0.1, -0.05) is 12.1 Å². The van der Waals surface area contributed by atoms with Crippen LogP contribution in [0.5, 0.6) is 5.75 Å². The average Bonchev–Trinajstić information content (AvgIpc) is 3.14. The van der Waals surface area contributed by atoms with E-state index >= 15 is 0 Å². The van der Waals surface area contributed by atoms with Crippen molar-refractivity contribution >= 4 is 37.5 Å². The zero-order chi connectivity index (χ0) is 20.9. The number of benzene rings is 2. The van der Waals surface area contributed by atoms with Crippen LogP contribution in [0.15, 0.2) is 47.4 Å². The SMILES string of the molecule is COCCNS(=O)(=O)c1cc(C(=O)NCc2nc3ccccc3s2)ccc1OC. The molecule has 1 aromatic heterocycles. The number of nitrogens with zero attached hydrogens (tertiary/aromatic N) is 1. The van der Waals surface area contributed by atoms with Gasteiger partial charge >= 0.3 is 0 Å². The van der Waals surface area contributed by atoms with Gasteiger partial charge in [0.25, 0.3) is 5.91 Å². The minimum absolute atomic E-state index is 0.107. The molecular weight excluding hydrogens is 414 g/mol. The van der Waals surface area contributed by atoms with E-state index in [-0.39, 0.29) is 35.9 Å². The molecule has 0 saturated carbocycles. The number of carbonyl (C=O) groups excluding carboxylic acids is 1. The molecule has 29 heavy (non-hydrogen) atoms. The lowest BCUT2D eigenvalue weighted by atomic mass is 10.2. The van der Waals surface area contributed by atoms with E-state index < -0.39 is 15.9 Å². The van der Waals surface area contributed by atoms with Crippen molar-refractivity contribution in [2.24, 2.45) is 0 Å². The van der Waals surface area contributed by atoms with Crippen molar-refractivity contribution in [2.45, 2.75) is 11.4 Å². The summed E-state index contributed by atoms with van der Waals surface area (Å²) >= 11 is 1.50. The number of sulfonamides is 1. The Morgan fingerprint density at radius 3 is 2.69 bits per heavy atom. The molecule has 0 aliphatic carbocycles. The summed E-state index contributed by atoms with van der Waals surface area (Å²) in [5, 5.41) is 3.54. The first-order valence-electron chi connectivity index (χ1n) is 8.74. The number of hydrogen-bond donors (Lipinski definition) is 2. The fourth-order valence-electron chi connectivity index (χ4n) is 2.64. The van der Waals surface area contributed by atoms with Crippen LogP contribution in [-0.4, -0.2) is 46.7 Å². The highest BCUT2D eigenvalue weighted by molar-refractivity contribution is 7.89. The molecule has 2 aromatic carbocycles. The van der Waals surface area contributed by atoms with E-state index in [0.29, 0.717) is 0 Å². The van der Waals surface area contributed by atoms with E-state index in [0.717, 1.165) is 15.2 Å². The van der Waals surface area contributed by atoms with Gasteiger partial charge in [0.15, 0.2) is 0 Å². The molecule has 154 valence electrons. The number of amides is 1. The van der Waals surface area contributed by atoms with Crippen LogP contribution in [0.4, 0.5) is 0 Å². The Balaban J connectivity index is 1.76. The van der Waals surface area contributed by atoms with Crippen LogP contribution >= 0.6 is 11.3 Å². The first-order chi connectivity index (χ1) is 13.9. The van der Waals surface area contributed by atoms with E-state index in [1.165, 1.54) is 43.8 Å². The number of nitrogens with one attached hydrogen (secondary N) is 2. The van der Waals surface area contributed by atoms with E-state index in [2.05, 4.69) is 15.0 Å². The maximum Gasteiger partial charge on any atom is 0.251 e. The largest absolute Gasteiger partial charge is 0.495 e. The Hall–Kier alpha value is -2.53. The smallest absolute Gasteiger partial charge is 0.251 e. The Morgan fingerprint density at radius 1 is 1.17 bits per heavy atom. The lowest BCUT2D eigenvalue weighted by Crippen LogP contribution is -2.28. The van der Waals surface area contributed by atoms with Gasteiger partial charge in [-0.15, -0.1) is 11.3 Å². The lowest BCUT2D eigenvalue weighted by molar-refractivity contribution is 0.0950. The minimum atomic E-state index is -3.86. The van der Waals surface area contributed by atoms with E-state index in [4.69, 9.17) is 9.47 Å². The number of rotatable bonds is 9. The fourth-order valence-corrected chi connectivity index (χ4v) is 4.75. The monoisotopic (exact) mass is 435 g/mol. The summed E-state index contributed by atoms with van der Waals surface area (Å²) in [6, 6.07) is 12.0. The summed E-state index contributed by atoms with van der Waals surface area (Å²) in [6.07, 6.45) is 0. The van der Waals surface area contributed by atoms with Gasteiger partial charge < -0.3 is 14.8 Å². The van der Waals surface area contributed by atoms with Crippen LogP contribution in [0.25, 0.3) is 10.2 Å². The van der Waals surface area contributed by atoms with Crippen LogP contribution in [-0.2, 0) is 21.3 Å². The summed E-state index contributed by atoms with van der Waals surface area (Å²) in [7, 11) is -1.01. The van der Waals surface area contributed by atoms with Gasteiger partial charge in [0.05, 0.1) is 30.5 Å². The van der Waals surface area contributed by atoms with Crippen molar-refractivity contribution in [1.29, 1.82) is 0 Å². The van der Waals surface area contributed by atoms with E-state index in [9.17, 15) is 13.2 Å². The van der Waals surface area contributed by atoms with Gasteiger partial charge in [-0.25, -0.2) is 18.1 Å². The Bertz CT molecular complexity index is 1080. The zero-order valence-corrected chi connectivity index (χ0v) is 17.6. The maximum atomic E-state index is 12.6. The second-order valence-electron chi connectivity index (χ2n) is 6.01. The number of para-hydroxylation sites is 1. The highest BCUT2D eigenvalue weighted by Crippen LogP contribution is 2.25. The predicted molar refractivity (Wildman–Crippen MR) is 111 cm³/mol. The molecule has 1 amide bonds. The molecule has 8 nitrogen and oxygen atoms in total. The molecule has 0 bridgehead atoms. The summed E-state index contributed by atoms with van der Waals surface area (Å²) in [5.41, 5.74) is 1.08. The zero-order valence-electron chi connectivity index (χ0n) is 16.0. The van der Waals surface area contributed by atoms with Crippen LogP contribution in [0.2, 0.25) is 0 Å². The van der Waals surface area contributed by atoms with Gasteiger partial charge in [-0.3, -0.25) is 4.79 Å². The number of hydrogen-bond acceptors (Lipinski definition) is 7. The van der Waals surface area contributed by atoms with Crippen molar-refractivity contribution in [3.05, 3.63) is 53.0 Å². The van der Waals surface area contributed by atoms with Gasteiger partial charge in [-0.05, 0) is 30.3 Å². The summed E-state index contributed by atoms with van der Waals surface area (Å²) < 4.78 is 38.6. The molecule has 0 unspecified atom stereocenters. The third-order valence-electron chi connectivity index (χ3n) is 4.05.